The predicted molar refractivity (Wildman–Crippen MR) is 65.9 cm³/mol. The van der Waals surface area contributed by atoms with E-state index in [-0.39, 0.29) is 5.54 Å². The van der Waals surface area contributed by atoms with Gasteiger partial charge in [-0.1, -0.05) is 33.1 Å². The maximum atomic E-state index is 6.20. The summed E-state index contributed by atoms with van der Waals surface area (Å²) in [5, 5.41) is 8.80. The van der Waals surface area contributed by atoms with E-state index in [4.69, 9.17) is 11.6 Å². The van der Waals surface area contributed by atoms with Crippen molar-refractivity contribution < 1.29 is 0 Å². The summed E-state index contributed by atoms with van der Waals surface area (Å²) in [4.78, 5) is 0. The van der Waals surface area contributed by atoms with Gasteiger partial charge in [0.15, 0.2) is 0 Å². The smallest absolute Gasteiger partial charge is 0.225 e. The van der Waals surface area contributed by atoms with E-state index in [1.165, 1.54) is 32.1 Å². The molecule has 0 unspecified atom stereocenters. The first-order valence-corrected chi connectivity index (χ1v) is 6.54. The first kappa shape index (κ1) is 11.9. The van der Waals surface area contributed by atoms with Gasteiger partial charge in [0, 0.05) is 11.5 Å². The molecular weight excluding hydrogens is 222 g/mol. The second kappa shape index (κ2) is 4.36. The minimum Gasteiger partial charge on any atom is -0.296 e. The Morgan fingerprint density at radius 3 is 2.38 bits per heavy atom. The fourth-order valence-electron chi connectivity index (χ4n) is 2.69. The second-order valence-corrected chi connectivity index (χ2v) is 5.71. The van der Waals surface area contributed by atoms with Crippen LogP contribution in [-0.2, 0) is 5.54 Å². The molecule has 1 saturated carbocycles. The zero-order chi connectivity index (χ0) is 11.8. The van der Waals surface area contributed by atoms with Gasteiger partial charge in [0.25, 0.3) is 0 Å². The quantitative estimate of drug-likeness (QED) is 0.790. The molecule has 0 N–H and O–H groups in total. The molecule has 0 radical (unpaired) electrons. The lowest BCUT2D eigenvalue weighted by atomic mass is 9.83. The molecule has 1 fully saturated rings. The minimum atomic E-state index is 0.123. The molecule has 3 nitrogen and oxygen atoms in total. The van der Waals surface area contributed by atoms with Crippen molar-refractivity contribution >= 4 is 11.6 Å². The molecule has 0 saturated heterocycles. The molecule has 16 heavy (non-hydrogen) atoms. The van der Waals surface area contributed by atoms with E-state index in [1.54, 1.807) is 0 Å². The van der Waals surface area contributed by atoms with Gasteiger partial charge in [-0.25, -0.2) is 0 Å². The van der Waals surface area contributed by atoms with Crippen molar-refractivity contribution in [1.82, 2.24) is 14.8 Å². The summed E-state index contributed by atoms with van der Waals surface area (Å²) in [6.45, 7) is 6.57. The molecule has 1 aromatic rings. The highest BCUT2D eigenvalue weighted by molar-refractivity contribution is 6.28. The number of aromatic nitrogens is 3. The van der Waals surface area contributed by atoms with Gasteiger partial charge in [-0.2, -0.15) is 0 Å². The first-order valence-electron chi connectivity index (χ1n) is 6.16. The van der Waals surface area contributed by atoms with Gasteiger partial charge in [-0.3, -0.25) is 4.57 Å². The molecule has 0 amide bonds. The monoisotopic (exact) mass is 241 g/mol. The van der Waals surface area contributed by atoms with Crippen molar-refractivity contribution in [2.45, 2.75) is 64.3 Å². The number of hydrogen-bond donors (Lipinski definition) is 0. The molecular formula is C12H20ClN3. The summed E-state index contributed by atoms with van der Waals surface area (Å²) in [7, 11) is 0. The molecule has 1 aromatic heterocycles. The molecule has 0 atom stereocenters. The Bertz CT molecular complexity index is 364. The van der Waals surface area contributed by atoms with Crippen LogP contribution in [0.1, 0.15) is 64.6 Å². The number of hydrogen-bond acceptors (Lipinski definition) is 2. The fourth-order valence-corrected chi connectivity index (χ4v) is 3.01. The van der Waals surface area contributed by atoms with E-state index >= 15 is 0 Å². The van der Waals surface area contributed by atoms with Gasteiger partial charge in [0.05, 0.1) is 0 Å². The lowest BCUT2D eigenvalue weighted by Crippen LogP contribution is -2.34. The van der Waals surface area contributed by atoms with Crippen LogP contribution in [0.15, 0.2) is 0 Å². The summed E-state index contributed by atoms with van der Waals surface area (Å²) >= 11 is 6.20. The molecule has 0 spiro atoms. The molecule has 1 aliphatic carbocycles. The molecule has 0 aromatic carbocycles. The minimum absolute atomic E-state index is 0.123. The van der Waals surface area contributed by atoms with Crippen LogP contribution in [0.5, 0.6) is 0 Å². The largest absolute Gasteiger partial charge is 0.296 e. The Kier molecular flexibility index (Phi) is 3.24. The molecule has 1 aliphatic rings. The number of halogens is 1. The lowest BCUT2D eigenvalue weighted by molar-refractivity contribution is 0.211. The van der Waals surface area contributed by atoms with Gasteiger partial charge in [-0.05, 0) is 31.4 Å². The van der Waals surface area contributed by atoms with Crippen LogP contribution in [-0.4, -0.2) is 14.8 Å². The summed E-state index contributed by atoms with van der Waals surface area (Å²) in [6, 6.07) is 0. The Balaban J connectivity index is 2.41. The maximum Gasteiger partial charge on any atom is 0.225 e. The summed E-state index contributed by atoms with van der Waals surface area (Å²) < 4.78 is 2.17. The van der Waals surface area contributed by atoms with Gasteiger partial charge < -0.3 is 0 Å². The number of rotatable bonds is 2. The van der Waals surface area contributed by atoms with E-state index in [9.17, 15) is 0 Å². The number of nitrogens with zero attached hydrogens (tertiary/aromatic N) is 3. The zero-order valence-electron chi connectivity index (χ0n) is 10.3. The van der Waals surface area contributed by atoms with Crippen LogP contribution >= 0.6 is 11.6 Å². The third kappa shape index (κ3) is 1.97. The molecule has 2 rings (SSSR count). The van der Waals surface area contributed by atoms with Crippen molar-refractivity contribution in [2.75, 3.05) is 0 Å². The van der Waals surface area contributed by atoms with E-state index in [2.05, 4.69) is 35.5 Å². The fraction of sp³-hybridized carbons (Fsp3) is 0.833. The predicted octanol–water partition coefficient (Wildman–Crippen LogP) is 3.73. The van der Waals surface area contributed by atoms with E-state index in [0.29, 0.717) is 11.2 Å². The Hall–Kier alpha value is -0.570. The van der Waals surface area contributed by atoms with Crippen molar-refractivity contribution in [3.8, 4) is 0 Å². The van der Waals surface area contributed by atoms with E-state index < -0.39 is 0 Å². The Morgan fingerprint density at radius 1 is 1.19 bits per heavy atom. The molecule has 0 aliphatic heterocycles. The van der Waals surface area contributed by atoms with Crippen molar-refractivity contribution in [3.63, 3.8) is 0 Å². The van der Waals surface area contributed by atoms with Gasteiger partial charge in [-0.15, -0.1) is 10.2 Å². The SMILES string of the molecule is CC(C)c1nnc(Cl)n1C1(C)CCCCC1. The van der Waals surface area contributed by atoms with Gasteiger partial charge >= 0.3 is 0 Å². The first-order chi connectivity index (χ1) is 7.54. The van der Waals surface area contributed by atoms with Crippen LogP contribution in [0.2, 0.25) is 5.28 Å². The van der Waals surface area contributed by atoms with Crippen molar-refractivity contribution in [3.05, 3.63) is 11.1 Å². The van der Waals surface area contributed by atoms with Gasteiger partial charge in [0.1, 0.15) is 5.82 Å². The van der Waals surface area contributed by atoms with Crippen LogP contribution in [0.3, 0.4) is 0 Å². The summed E-state index contributed by atoms with van der Waals surface area (Å²) in [5.41, 5.74) is 0.123. The van der Waals surface area contributed by atoms with Crippen molar-refractivity contribution in [1.29, 1.82) is 0 Å². The highest BCUT2D eigenvalue weighted by Gasteiger charge is 2.33. The highest BCUT2D eigenvalue weighted by Crippen LogP contribution is 2.38. The third-order valence-corrected chi connectivity index (χ3v) is 3.88. The lowest BCUT2D eigenvalue weighted by Gasteiger charge is -2.36. The normalized spacial score (nSPS) is 20.3. The standard InChI is InChI=1S/C12H20ClN3/c1-9(2)10-14-15-11(13)16(10)12(3)7-5-4-6-8-12/h9H,4-8H2,1-3H3. The van der Waals surface area contributed by atoms with Crippen LogP contribution in [0.4, 0.5) is 0 Å². The average molecular weight is 242 g/mol. The Morgan fingerprint density at radius 2 is 1.81 bits per heavy atom. The molecule has 90 valence electrons. The summed E-state index contributed by atoms with van der Waals surface area (Å²) in [6.07, 6.45) is 6.27. The average Bonchev–Trinajstić information content (AvgIpc) is 2.62. The van der Waals surface area contributed by atoms with E-state index in [0.717, 1.165) is 5.82 Å². The van der Waals surface area contributed by atoms with Crippen LogP contribution in [0, 0.1) is 0 Å². The molecule has 0 bridgehead atoms. The Labute approximate surface area is 102 Å². The summed E-state index contributed by atoms with van der Waals surface area (Å²) in [5.74, 6) is 1.40. The second-order valence-electron chi connectivity index (χ2n) is 5.37. The molecule has 1 heterocycles. The van der Waals surface area contributed by atoms with Crippen molar-refractivity contribution in [2.24, 2.45) is 0 Å². The third-order valence-electron chi connectivity index (χ3n) is 3.64. The zero-order valence-corrected chi connectivity index (χ0v) is 11.1. The maximum absolute atomic E-state index is 6.20. The molecule has 4 heteroatoms. The van der Waals surface area contributed by atoms with E-state index in [1.807, 2.05) is 0 Å². The van der Waals surface area contributed by atoms with Crippen LogP contribution < -0.4 is 0 Å². The van der Waals surface area contributed by atoms with Gasteiger partial charge in [0.2, 0.25) is 5.28 Å². The topological polar surface area (TPSA) is 30.7 Å². The van der Waals surface area contributed by atoms with Crippen LogP contribution in [0.25, 0.3) is 0 Å². The highest BCUT2D eigenvalue weighted by atomic mass is 35.5.